The number of benzene rings is 1. The van der Waals surface area contributed by atoms with Crippen molar-refractivity contribution in [3.05, 3.63) is 54.0 Å². The highest BCUT2D eigenvalue weighted by molar-refractivity contribution is 5.31. The van der Waals surface area contributed by atoms with E-state index in [9.17, 15) is 8.78 Å². The zero-order valence-electron chi connectivity index (χ0n) is 11.2. The van der Waals surface area contributed by atoms with Crippen molar-refractivity contribution in [3.8, 4) is 5.75 Å². The second kappa shape index (κ2) is 7.05. The zero-order chi connectivity index (χ0) is 14.4. The molecule has 0 fully saturated rings. The quantitative estimate of drug-likeness (QED) is 0.838. The van der Waals surface area contributed by atoms with E-state index in [4.69, 9.17) is 4.42 Å². The number of nitrogens with one attached hydrogen (secondary N) is 1. The van der Waals surface area contributed by atoms with Crippen molar-refractivity contribution in [1.82, 2.24) is 5.32 Å². The third-order valence-corrected chi connectivity index (χ3v) is 2.96. The van der Waals surface area contributed by atoms with E-state index in [0.717, 1.165) is 24.1 Å². The molecular formula is C15H17F2NO2. The fraction of sp³-hybridized carbons (Fsp3) is 0.333. The maximum atomic E-state index is 12.3. The molecule has 0 saturated carbocycles. The first-order chi connectivity index (χ1) is 9.69. The molecule has 0 amide bonds. The molecule has 1 unspecified atom stereocenters. The van der Waals surface area contributed by atoms with Gasteiger partial charge in [0.15, 0.2) is 0 Å². The molecule has 0 spiro atoms. The Morgan fingerprint density at radius 3 is 2.80 bits per heavy atom. The number of rotatable bonds is 7. The van der Waals surface area contributed by atoms with Gasteiger partial charge in [-0.15, -0.1) is 0 Å². The average molecular weight is 281 g/mol. The summed E-state index contributed by atoms with van der Waals surface area (Å²) in [5.41, 5.74) is 1.96. The van der Waals surface area contributed by atoms with Gasteiger partial charge in [-0.25, -0.2) is 0 Å². The molecule has 1 aromatic carbocycles. The van der Waals surface area contributed by atoms with Gasteiger partial charge in [0.25, 0.3) is 0 Å². The van der Waals surface area contributed by atoms with E-state index in [1.165, 1.54) is 6.07 Å². The van der Waals surface area contributed by atoms with Crippen LogP contribution >= 0.6 is 0 Å². The lowest BCUT2D eigenvalue weighted by Crippen LogP contribution is -2.22. The van der Waals surface area contributed by atoms with Crippen LogP contribution in [-0.2, 0) is 6.42 Å². The van der Waals surface area contributed by atoms with Gasteiger partial charge in [-0.3, -0.25) is 0 Å². The minimum atomic E-state index is -2.81. The number of likely N-dealkylation sites (N-methyl/N-ethyl adjacent to an activating group) is 1. The largest absolute Gasteiger partial charge is 0.472 e. The van der Waals surface area contributed by atoms with Crippen LogP contribution in [0.2, 0.25) is 0 Å². The van der Waals surface area contributed by atoms with Gasteiger partial charge < -0.3 is 14.5 Å². The third-order valence-electron chi connectivity index (χ3n) is 2.96. The molecule has 0 aliphatic carbocycles. The molecule has 1 atom stereocenters. The molecule has 0 aliphatic rings. The number of hydrogen-bond donors (Lipinski definition) is 1. The molecular weight excluding hydrogens is 264 g/mol. The molecule has 0 bridgehead atoms. The van der Waals surface area contributed by atoms with Crippen molar-refractivity contribution in [2.75, 3.05) is 6.54 Å². The van der Waals surface area contributed by atoms with Crippen molar-refractivity contribution in [2.24, 2.45) is 0 Å². The first-order valence-corrected chi connectivity index (χ1v) is 6.48. The lowest BCUT2D eigenvalue weighted by molar-refractivity contribution is -0.0499. The van der Waals surface area contributed by atoms with Crippen LogP contribution in [0.15, 0.2) is 47.3 Å². The predicted molar refractivity (Wildman–Crippen MR) is 71.9 cm³/mol. The SMILES string of the molecule is CCNC(Cc1ccoc1)c1cccc(OC(F)F)c1. The van der Waals surface area contributed by atoms with Gasteiger partial charge in [-0.2, -0.15) is 8.78 Å². The summed E-state index contributed by atoms with van der Waals surface area (Å²) >= 11 is 0. The molecule has 3 nitrogen and oxygen atoms in total. The second-order valence-corrected chi connectivity index (χ2v) is 4.40. The van der Waals surface area contributed by atoms with Crippen molar-refractivity contribution in [2.45, 2.75) is 26.0 Å². The van der Waals surface area contributed by atoms with Crippen LogP contribution in [0.4, 0.5) is 8.78 Å². The highest BCUT2D eigenvalue weighted by atomic mass is 19.3. The van der Waals surface area contributed by atoms with Gasteiger partial charge in [0.2, 0.25) is 0 Å². The Morgan fingerprint density at radius 1 is 1.30 bits per heavy atom. The fourth-order valence-corrected chi connectivity index (χ4v) is 2.11. The van der Waals surface area contributed by atoms with Crippen LogP contribution < -0.4 is 10.1 Å². The molecule has 0 radical (unpaired) electrons. The smallest absolute Gasteiger partial charge is 0.387 e. The van der Waals surface area contributed by atoms with Crippen LogP contribution in [-0.4, -0.2) is 13.2 Å². The summed E-state index contributed by atoms with van der Waals surface area (Å²) < 4.78 is 34.0. The zero-order valence-corrected chi connectivity index (χ0v) is 11.2. The van der Waals surface area contributed by atoms with E-state index in [2.05, 4.69) is 10.1 Å². The minimum Gasteiger partial charge on any atom is -0.472 e. The summed E-state index contributed by atoms with van der Waals surface area (Å²) in [5, 5.41) is 3.33. The topological polar surface area (TPSA) is 34.4 Å². The predicted octanol–water partition coefficient (Wildman–Crippen LogP) is 3.77. The van der Waals surface area contributed by atoms with E-state index < -0.39 is 6.61 Å². The van der Waals surface area contributed by atoms with Crippen molar-refractivity contribution in [3.63, 3.8) is 0 Å². The van der Waals surface area contributed by atoms with Crippen LogP contribution in [0, 0.1) is 0 Å². The van der Waals surface area contributed by atoms with Gasteiger partial charge in [-0.1, -0.05) is 19.1 Å². The molecule has 2 aromatic rings. The van der Waals surface area contributed by atoms with E-state index in [-0.39, 0.29) is 11.8 Å². The number of alkyl halides is 2. The van der Waals surface area contributed by atoms with Crippen molar-refractivity contribution < 1.29 is 17.9 Å². The summed E-state index contributed by atoms with van der Waals surface area (Å²) in [4.78, 5) is 0. The monoisotopic (exact) mass is 281 g/mol. The maximum Gasteiger partial charge on any atom is 0.387 e. The average Bonchev–Trinajstić information content (AvgIpc) is 2.91. The van der Waals surface area contributed by atoms with E-state index >= 15 is 0 Å². The molecule has 5 heteroatoms. The molecule has 1 aromatic heterocycles. The Hall–Kier alpha value is -1.88. The van der Waals surface area contributed by atoms with Crippen LogP contribution in [0.3, 0.4) is 0 Å². The number of hydrogen-bond acceptors (Lipinski definition) is 3. The Balaban J connectivity index is 2.15. The Kier molecular flexibility index (Phi) is 5.12. The number of furan rings is 1. The lowest BCUT2D eigenvalue weighted by Gasteiger charge is -2.18. The Morgan fingerprint density at radius 2 is 2.15 bits per heavy atom. The summed E-state index contributed by atoms with van der Waals surface area (Å²) in [6, 6.07) is 8.69. The lowest BCUT2D eigenvalue weighted by atomic mass is 10.0. The Bertz CT molecular complexity index is 514. The van der Waals surface area contributed by atoms with Gasteiger partial charge in [-0.05, 0) is 42.3 Å². The number of ether oxygens (including phenoxy) is 1. The normalized spacial score (nSPS) is 12.6. The third kappa shape index (κ3) is 4.06. The molecule has 2 rings (SSSR count). The maximum absolute atomic E-state index is 12.3. The molecule has 108 valence electrons. The van der Waals surface area contributed by atoms with Crippen LogP contribution in [0.5, 0.6) is 5.75 Å². The van der Waals surface area contributed by atoms with Gasteiger partial charge in [0.1, 0.15) is 5.75 Å². The van der Waals surface area contributed by atoms with Gasteiger partial charge in [0, 0.05) is 6.04 Å². The minimum absolute atomic E-state index is 0.0267. The fourth-order valence-electron chi connectivity index (χ4n) is 2.11. The molecule has 0 aliphatic heterocycles. The van der Waals surface area contributed by atoms with Gasteiger partial charge >= 0.3 is 6.61 Å². The highest BCUT2D eigenvalue weighted by Gasteiger charge is 2.13. The van der Waals surface area contributed by atoms with Crippen molar-refractivity contribution >= 4 is 0 Å². The Labute approximate surface area is 116 Å². The standard InChI is InChI=1S/C15H17F2NO2/c1-2-18-14(8-11-6-7-19-10-11)12-4-3-5-13(9-12)20-15(16)17/h3-7,9-10,14-15,18H,2,8H2,1H3. The summed E-state index contributed by atoms with van der Waals surface area (Å²) in [6.07, 6.45) is 4.03. The van der Waals surface area contributed by atoms with E-state index in [0.29, 0.717) is 0 Å². The van der Waals surface area contributed by atoms with Crippen LogP contribution in [0.1, 0.15) is 24.1 Å². The number of halogens is 2. The molecule has 0 saturated heterocycles. The highest BCUT2D eigenvalue weighted by Crippen LogP contribution is 2.23. The molecule has 1 N–H and O–H groups in total. The summed E-state index contributed by atoms with van der Waals surface area (Å²) in [6.45, 7) is -0.0265. The van der Waals surface area contributed by atoms with Crippen molar-refractivity contribution in [1.29, 1.82) is 0 Å². The first-order valence-electron chi connectivity index (χ1n) is 6.48. The van der Waals surface area contributed by atoms with Gasteiger partial charge in [0.05, 0.1) is 12.5 Å². The van der Waals surface area contributed by atoms with E-state index in [1.54, 1.807) is 24.7 Å². The van der Waals surface area contributed by atoms with E-state index in [1.807, 2.05) is 19.1 Å². The molecule has 1 heterocycles. The van der Waals surface area contributed by atoms with Crippen LogP contribution in [0.25, 0.3) is 0 Å². The summed E-state index contributed by atoms with van der Waals surface area (Å²) in [7, 11) is 0. The second-order valence-electron chi connectivity index (χ2n) is 4.40. The molecule has 20 heavy (non-hydrogen) atoms. The summed E-state index contributed by atoms with van der Waals surface area (Å²) in [5.74, 6) is 0.174. The first kappa shape index (κ1) is 14.5.